The second kappa shape index (κ2) is 8.78. The fraction of sp³-hybridized carbons (Fsp3) is 0.647. The molecule has 1 aromatic rings. The molecule has 4 nitrogen and oxygen atoms in total. The molecule has 1 N–H and O–H groups in total. The maximum atomic E-state index is 5.38. The van der Waals surface area contributed by atoms with Gasteiger partial charge < -0.3 is 19.5 Å². The van der Waals surface area contributed by atoms with Crippen molar-refractivity contribution in [3.05, 3.63) is 17.7 Å². The van der Waals surface area contributed by atoms with Crippen molar-refractivity contribution in [1.29, 1.82) is 0 Å². The first-order valence-corrected chi connectivity index (χ1v) is 7.63. The molecule has 1 unspecified atom stereocenters. The SMILES string of the molecule is CCC(CC)C(C)NCc1cc(OC)c(OC)c(OC)c1. The van der Waals surface area contributed by atoms with Crippen LogP contribution in [-0.2, 0) is 6.54 Å². The summed E-state index contributed by atoms with van der Waals surface area (Å²) in [5, 5.41) is 3.59. The molecule has 0 saturated heterocycles. The summed E-state index contributed by atoms with van der Waals surface area (Å²) in [6.07, 6.45) is 2.39. The average molecular weight is 295 g/mol. The van der Waals surface area contributed by atoms with E-state index in [0.717, 1.165) is 12.1 Å². The Kier molecular flexibility index (Phi) is 7.37. The zero-order valence-corrected chi connectivity index (χ0v) is 14.2. The van der Waals surface area contributed by atoms with E-state index in [1.165, 1.54) is 12.8 Å². The van der Waals surface area contributed by atoms with Gasteiger partial charge in [-0.25, -0.2) is 0 Å². The Morgan fingerprint density at radius 2 is 1.48 bits per heavy atom. The van der Waals surface area contributed by atoms with Gasteiger partial charge in [0.1, 0.15) is 0 Å². The van der Waals surface area contributed by atoms with Gasteiger partial charge in [0.05, 0.1) is 21.3 Å². The minimum absolute atomic E-state index is 0.485. The molecule has 4 heteroatoms. The Labute approximate surface area is 128 Å². The van der Waals surface area contributed by atoms with E-state index in [4.69, 9.17) is 14.2 Å². The molecule has 0 amide bonds. The van der Waals surface area contributed by atoms with Crippen molar-refractivity contribution in [2.24, 2.45) is 5.92 Å². The van der Waals surface area contributed by atoms with Gasteiger partial charge in [-0.3, -0.25) is 0 Å². The standard InChI is InChI=1S/C17H29NO3/c1-7-14(8-2)12(3)18-11-13-9-15(19-4)17(21-6)16(10-13)20-5/h9-10,12,14,18H,7-8,11H2,1-6H3. The number of nitrogens with one attached hydrogen (secondary N) is 1. The lowest BCUT2D eigenvalue weighted by Crippen LogP contribution is -2.32. The molecule has 1 rings (SSSR count). The first kappa shape index (κ1) is 17.6. The van der Waals surface area contributed by atoms with Crippen LogP contribution < -0.4 is 19.5 Å². The predicted molar refractivity (Wildman–Crippen MR) is 86.5 cm³/mol. The van der Waals surface area contributed by atoms with E-state index in [1.54, 1.807) is 21.3 Å². The van der Waals surface area contributed by atoms with Crippen molar-refractivity contribution < 1.29 is 14.2 Å². The van der Waals surface area contributed by atoms with Gasteiger partial charge in [0.15, 0.2) is 11.5 Å². The van der Waals surface area contributed by atoms with E-state index >= 15 is 0 Å². The van der Waals surface area contributed by atoms with Crippen LogP contribution in [0, 0.1) is 5.92 Å². The van der Waals surface area contributed by atoms with Gasteiger partial charge in [-0.1, -0.05) is 26.7 Å². The third kappa shape index (κ3) is 4.53. The zero-order chi connectivity index (χ0) is 15.8. The highest BCUT2D eigenvalue weighted by atomic mass is 16.5. The van der Waals surface area contributed by atoms with Crippen LogP contribution in [0.2, 0.25) is 0 Å². The highest BCUT2D eigenvalue weighted by molar-refractivity contribution is 5.53. The Morgan fingerprint density at radius 1 is 0.952 bits per heavy atom. The number of hydrogen-bond acceptors (Lipinski definition) is 4. The van der Waals surface area contributed by atoms with E-state index in [9.17, 15) is 0 Å². The van der Waals surface area contributed by atoms with Crippen molar-refractivity contribution >= 4 is 0 Å². The maximum absolute atomic E-state index is 5.38. The fourth-order valence-corrected chi connectivity index (χ4v) is 2.68. The van der Waals surface area contributed by atoms with Gasteiger partial charge in [0.2, 0.25) is 5.75 Å². The molecule has 0 bridgehead atoms. The summed E-state index contributed by atoms with van der Waals surface area (Å²) in [4.78, 5) is 0. The number of ether oxygens (including phenoxy) is 3. The maximum Gasteiger partial charge on any atom is 0.203 e. The van der Waals surface area contributed by atoms with Crippen molar-refractivity contribution in [1.82, 2.24) is 5.32 Å². The largest absolute Gasteiger partial charge is 0.493 e. The van der Waals surface area contributed by atoms with Crippen molar-refractivity contribution in [3.8, 4) is 17.2 Å². The van der Waals surface area contributed by atoms with Gasteiger partial charge in [0, 0.05) is 12.6 Å². The topological polar surface area (TPSA) is 39.7 Å². The minimum atomic E-state index is 0.485. The van der Waals surface area contributed by atoms with Gasteiger partial charge >= 0.3 is 0 Å². The lowest BCUT2D eigenvalue weighted by atomic mass is 9.95. The summed E-state index contributed by atoms with van der Waals surface area (Å²) in [6, 6.07) is 4.47. The highest BCUT2D eigenvalue weighted by Crippen LogP contribution is 2.38. The van der Waals surface area contributed by atoms with Gasteiger partial charge in [-0.15, -0.1) is 0 Å². The van der Waals surface area contributed by atoms with Crippen molar-refractivity contribution in [2.45, 2.75) is 46.2 Å². The molecule has 1 aromatic carbocycles. The van der Waals surface area contributed by atoms with Gasteiger partial charge in [0.25, 0.3) is 0 Å². The van der Waals surface area contributed by atoms with Gasteiger partial charge in [-0.2, -0.15) is 0 Å². The smallest absolute Gasteiger partial charge is 0.203 e. The van der Waals surface area contributed by atoms with Crippen molar-refractivity contribution in [3.63, 3.8) is 0 Å². The van der Waals surface area contributed by atoms with E-state index in [0.29, 0.717) is 29.2 Å². The van der Waals surface area contributed by atoms with Crippen LogP contribution >= 0.6 is 0 Å². The van der Waals surface area contributed by atoms with E-state index in [1.807, 2.05) is 12.1 Å². The molecule has 0 aliphatic carbocycles. The molecule has 21 heavy (non-hydrogen) atoms. The third-order valence-electron chi connectivity index (χ3n) is 4.11. The van der Waals surface area contributed by atoms with Gasteiger partial charge in [-0.05, 0) is 30.5 Å². The predicted octanol–water partition coefficient (Wildman–Crippen LogP) is 3.63. The molecule has 0 heterocycles. The van der Waals surface area contributed by atoms with E-state index in [-0.39, 0.29) is 0 Å². The van der Waals surface area contributed by atoms with Crippen LogP contribution in [0.5, 0.6) is 17.2 Å². The highest BCUT2D eigenvalue weighted by Gasteiger charge is 2.15. The number of rotatable bonds is 9. The summed E-state index contributed by atoms with van der Waals surface area (Å²) in [6.45, 7) is 7.52. The van der Waals surface area contributed by atoms with Crippen LogP contribution in [-0.4, -0.2) is 27.4 Å². The summed E-state index contributed by atoms with van der Waals surface area (Å²) >= 11 is 0. The summed E-state index contributed by atoms with van der Waals surface area (Å²) in [5.41, 5.74) is 1.13. The van der Waals surface area contributed by atoms with E-state index in [2.05, 4.69) is 26.1 Å². The van der Waals surface area contributed by atoms with E-state index < -0.39 is 0 Å². The number of benzene rings is 1. The first-order chi connectivity index (χ1) is 10.1. The quantitative estimate of drug-likeness (QED) is 0.755. The van der Waals surface area contributed by atoms with Crippen LogP contribution in [0.4, 0.5) is 0 Å². The lowest BCUT2D eigenvalue weighted by molar-refractivity contribution is 0.322. The van der Waals surface area contributed by atoms with Crippen LogP contribution in [0.25, 0.3) is 0 Å². The molecule has 0 fully saturated rings. The summed E-state index contributed by atoms with van der Waals surface area (Å²) < 4.78 is 16.1. The molecule has 0 aromatic heterocycles. The number of hydrogen-bond donors (Lipinski definition) is 1. The second-order valence-electron chi connectivity index (χ2n) is 5.28. The molecule has 1 atom stereocenters. The summed E-state index contributed by atoms with van der Waals surface area (Å²) in [5.74, 6) is 2.73. The van der Waals surface area contributed by atoms with Crippen LogP contribution in [0.1, 0.15) is 39.2 Å². The average Bonchev–Trinajstić information content (AvgIpc) is 2.52. The molecule has 0 saturated carbocycles. The monoisotopic (exact) mass is 295 g/mol. The molecule has 0 radical (unpaired) electrons. The molecule has 0 aliphatic rings. The first-order valence-electron chi connectivity index (χ1n) is 7.63. The molecule has 120 valence electrons. The molecular formula is C17H29NO3. The fourth-order valence-electron chi connectivity index (χ4n) is 2.68. The Morgan fingerprint density at radius 3 is 1.86 bits per heavy atom. The van der Waals surface area contributed by atoms with Crippen LogP contribution in [0.3, 0.4) is 0 Å². The lowest BCUT2D eigenvalue weighted by Gasteiger charge is -2.23. The summed E-state index contributed by atoms with van der Waals surface area (Å²) in [7, 11) is 4.90. The molecule has 0 aliphatic heterocycles. The Bertz CT molecular complexity index is 405. The van der Waals surface area contributed by atoms with Crippen LogP contribution in [0.15, 0.2) is 12.1 Å². The Hall–Kier alpha value is -1.42. The third-order valence-corrected chi connectivity index (χ3v) is 4.11. The normalized spacial score (nSPS) is 12.3. The number of methoxy groups -OCH3 is 3. The van der Waals surface area contributed by atoms with Crippen molar-refractivity contribution in [2.75, 3.05) is 21.3 Å². The molecule has 0 spiro atoms. The second-order valence-corrected chi connectivity index (χ2v) is 5.28. The zero-order valence-electron chi connectivity index (χ0n) is 14.2. The minimum Gasteiger partial charge on any atom is -0.493 e. The molecular weight excluding hydrogens is 266 g/mol. The Balaban J connectivity index is 2.84.